The monoisotopic (exact) mass is 291 g/mol. The lowest BCUT2D eigenvalue weighted by Crippen LogP contribution is -2.07. The second-order valence-electron chi connectivity index (χ2n) is 4.34. The van der Waals surface area contributed by atoms with E-state index < -0.39 is 0 Å². The number of rotatable bonds is 6. The molecule has 4 nitrogen and oxygen atoms in total. The first kappa shape index (κ1) is 14.6. The Labute approximate surface area is 124 Å². The van der Waals surface area contributed by atoms with Crippen molar-refractivity contribution in [3.8, 4) is 11.6 Å². The molecule has 0 spiro atoms. The van der Waals surface area contributed by atoms with E-state index in [1.54, 1.807) is 12.1 Å². The van der Waals surface area contributed by atoms with Gasteiger partial charge < -0.3 is 10.1 Å². The Morgan fingerprint density at radius 2 is 1.90 bits per heavy atom. The SMILES string of the molecule is CCCNc1ncnc(Oc2ccc(Cl)cc2)c1CC. The molecule has 0 atom stereocenters. The fourth-order valence-corrected chi connectivity index (χ4v) is 1.94. The fourth-order valence-electron chi connectivity index (χ4n) is 1.81. The minimum Gasteiger partial charge on any atom is -0.439 e. The number of nitrogens with zero attached hydrogens (tertiary/aromatic N) is 2. The van der Waals surface area contributed by atoms with Crippen LogP contribution in [-0.4, -0.2) is 16.5 Å². The van der Waals surface area contributed by atoms with Crippen LogP contribution < -0.4 is 10.1 Å². The molecular formula is C15H18ClN3O. The Morgan fingerprint density at radius 1 is 1.15 bits per heavy atom. The number of halogens is 1. The van der Waals surface area contributed by atoms with Crippen LogP contribution in [0.25, 0.3) is 0 Å². The van der Waals surface area contributed by atoms with Gasteiger partial charge in [-0.05, 0) is 37.1 Å². The Balaban J connectivity index is 2.24. The van der Waals surface area contributed by atoms with Crippen LogP contribution in [0.1, 0.15) is 25.8 Å². The lowest BCUT2D eigenvalue weighted by atomic mass is 10.2. The summed E-state index contributed by atoms with van der Waals surface area (Å²) in [6.45, 7) is 5.06. The molecule has 0 saturated heterocycles. The third-order valence-electron chi connectivity index (χ3n) is 2.83. The first-order chi connectivity index (χ1) is 9.74. The zero-order valence-electron chi connectivity index (χ0n) is 11.7. The molecular weight excluding hydrogens is 274 g/mol. The minimum atomic E-state index is 0.587. The van der Waals surface area contributed by atoms with Crippen LogP contribution in [0, 0.1) is 0 Å². The Bertz CT molecular complexity index is 558. The highest BCUT2D eigenvalue weighted by atomic mass is 35.5. The predicted molar refractivity (Wildman–Crippen MR) is 81.7 cm³/mol. The zero-order valence-corrected chi connectivity index (χ0v) is 12.4. The van der Waals surface area contributed by atoms with Crippen LogP contribution in [-0.2, 0) is 6.42 Å². The first-order valence-corrected chi connectivity index (χ1v) is 7.13. The maximum atomic E-state index is 5.86. The number of benzene rings is 1. The lowest BCUT2D eigenvalue weighted by Gasteiger charge is -2.13. The summed E-state index contributed by atoms with van der Waals surface area (Å²) in [6.07, 6.45) is 3.36. The van der Waals surface area contributed by atoms with Crippen molar-refractivity contribution in [3.63, 3.8) is 0 Å². The molecule has 106 valence electrons. The normalized spacial score (nSPS) is 10.3. The number of nitrogens with one attached hydrogen (secondary N) is 1. The zero-order chi connectivity index (χ0) is 14.4. The van der Waals surface area contributed by atoms with Gasteiger partial charge >= 0.3 is 0 Å². The van der Waals surface area contributed by atoms with Crippen LogP contribution in [0.3, 0.4) is 0 Å². The van der Waals surface area contributed by atoms with Crippen molar-refractivity contribution < 1.29 is 4.74 Å². The van der Waals surface area contributed by atoms with Crippen LogP contribution in [0.2, 0.25) is 5.02 Å². The van der Waals surface area contributed by atoms with E-state index in [1.165, 1.54) is 6.33 Å². The lowest BCUT2D eigenvalue weighted by molar-refractivity contribution is 0.455. The molecule has 0 fully saturated rings. The average Bonchev–Trinajstić information content (AvgIpc) is 2.47. The van der Waals surface area contributed by atoms with Gasteiger partial charge in [-0.2, -0.15) is 0 Å². The van der Waals surface area contributed by atoms with Gasteiger partial charge in [0.05, 0.1) is 5.56 Å². The molecule has 0 unspecified atom stereocenters. The third-order valence-corrected chi connectivity index (χ3v) is 3.08. The van der Waals surface area contributed by atoms with Crippen LogP contribution in [0.4, 0.5) is 5.82 Å². The first-order valence-electron chi connectivity index (χ1n) is 6.75. The summed E-state index contributed by atoms with van der Waals surface area (Å²) >= 11 is 5.86. The molecule has 0 radical (unpaired) electrons. The Kier molecular flexibility index (Phi) is 5.18. The van der Waals surface area contributed by atoms with E-state index in [0.717, 1.165) is 30.8 Å². The molecule has 0 aliphatic heterocycles. The largest absolute Gasteiger partial charge is 0.439 e. The highest BCUT2D eigenvalue weighted by molar-refractivity contribution is 6.30. The fraction of sp³-hybridized carbons (Fsp3) is 0.333. The number of anilines is 1. The van der Waals surface area contributed by atoms with E-state index in [0.29, 0.717) is 16.7 Å². The van der Waals surface area contributed by atoms with Crippen LogP contribution >= 0.6 is 11.6 Å². The Morgan fingerprint density at radius 3 is 2.55 bits per heavy atom. The maximum Gasteiger partial charge on any atom is 0.227 e. The van der Waals surface area contributed by atoms with Gasteiger partial charge in [0.15, 0.2) is 0 Å². The topological polar surface area (TPSA) is 47.0 Å². The summed E-state index contributed by atoms with van der Waals surface area (Å²) in [6, 6.07) is 7.23. The smallest absolute Gasteiger partial charge is 0.227 e. The van der Waals surface area contributed by atoms with Gasteiger partial charge in [0, 0.05) is 11.6 Å². The molecule has 20 heavy (non-hydrogen) atoms. The number of hydrogen-bond donors (Lipinski definition) is 1. The number of aromatic nitrogens is 2. The number of hydrogen-bond acceptors (Lipinski definition) is 4. The quantitative estimate of drug-likeness (QED) is 0.861. The summed E-state index contributed by atoms with van der Waals surface area (Å²) in [7, 11) is 0. The van der Waals surface area contributed by atoms with Crippen molar-refractivity contribution in [2.75, 3.05) is 11.9 Å². The summed E-state index contributed by atoms with van der Waals surface area (Å²) in [4.78, 5) is 8.51. The summed E-state index contributed by atoms with van der Waals surface area (Å²) in [5, 5.41) is 3.98. The molecule has 2 rings (SSSR count). The van der Waals surface area contributed by atoms with Gasteiger partial charge in [-0.25, -0.2) is 9.97 Å². The van der Waals surface area contributed by atoms with Crippen LogP contribution in [0.15, 0.2) is 30.6 Å². The highest BCUT2D eigenvalue weighted by Gasteiger charge is 2.11. The van der Waals surface area contributed by atoms with E-state index in [1.807, 2.05) is 12.1 Å². The maximum absolute atomic E-state index is 5.86. The summed E-state index contributed by atoms with van der Waals surface area (Å²) in [5.41, 5.74) is 0.982. The molecule has 0 aliphatic carbocycles. The number of ether oxygens (including phenoxy) is 1. The second-order valence-corrected chi connectivity index (χ2v) is 4.78. The molecule has 1 N–H and O–H groups in total. The van der Waals surface area contributed by atoms with Crippen LogP contribution in [0.5, 0.6) is 11.6 Å². The minimum absolute atomic E-state index is 0.587. The molecule has 5 heteroatoms. The standard InChI is InChI=1S/C15H18ClN3O/c1-3-9-17-14-13(4-2)15(19-10-18-14)20-12-7-5-11(16)6-8-12/h5-8,10H,3-4,9H2,1-2H3,(H,17,18,19). The van der Waals surface area contributed by atoms with E-state index >= 15 is 0 Å². The molecule has 1 heterocycles. The predicted octanol–water partition coefficient (Wildman–Crippen LogP) is 4.31. The average molecular weight is 292 g/mol. The van der Waals surface area contributed by atoms with Crippen molar-refractivity contribution in [2.45, 2.75) is 26.7 Å². The highest BCUT2D eigenvalue weighted by Crippen LogP contribution is 2.28. The van der Waals surface area contributed by atoms with E-state index in [4.69, 9.17) is 16.3 Å². The molecule has 0 bridgehead atoms. The van der Waals surface area contributed by atoms with Crippen molar-refractivity contribution in [1.29, 1.82) is 0 Å². The van der Waals surface area contributed by atoms with E-state index in [-0.39, 0.29) is 0 Å². The van der Waals surface area contributed by atoms with Gasteiger partial charge in [-0.1, -0.05) is 25.4 Å². The second kappa shape index (κ2) is 7.10. The van der Waals surface area contributed by atoms with E-state index in [9.17, 15) is 0 Å². The van der Waals surface area contributed by atoms with Gasteiger partial charge in [0.25, 0.3) is 0 Å². The Hall–Kier alpha value is -1.81. The molecule has 0 amide bonds. The van der Waals surface area contributed by atoms with Gasteiger partial charge in [-0.15, -0.1) is 0 Å². The molecule has 1 aromatic heterocycles. The third kappa shape index (κ3) is 3.61. The molecule has 0 saturated carbocycles. The van der Waals surface area contributed by atoms with Crippen molar-refractivity contribution in [1.82, 2.24) is 9.97 Å². The molecule has 1 aromatic carbocycles. The van der Waals surface area contributed by atoms with Gasteiger partial charge in [0.2, 0.25) is 5.88 Å². The summed E-state index contributed by atoms with van der Waals surface area (Å²) in [5.74, 6) is 2.14. The van der Waals surface area contributed by atoms with Crippen molar-refractivity contribution in [3.05, 3.63) is 41.2 Å². The molecule has 0 aliphatic rings. The van der Waals surface area contributed by atoms with Gasteiger partial charge in [-0.3, -0.25) is 0 Å². The van der Waals surface area contributed by atoms with Gasteiger partial charge in [0.1, 0.15) is 17.9 Å². The summed E-state index contributed by atoms with van der Waals surface area (Å²) < 4.78 is 5.83. The van der Waals surface area contributed by atoms with E-state index in [2.05, 4.69) is 29.1 Å². The molecule has 2 aromatic rings. The van der Waals surface area contributed by atoms with Crippen molar-refractivity contribution in [2.24, 2.45) is 0 Å². The van der Waals surface area contributed by atoms with Crippen molar-refractivity contribution >= 4 is 17.4 Å².